The fourth-order valence-electron chi connectivity index (χ4n) is 2.16. The smallest absolute Gasteiger partial charge is 0.165 e. The number of carbonyl (C=O) groups is 1. The van der Waals surface area contributed by atoms with Crippen LogP contribution in [-0.4, -0.2) is 6.29 Å². The van der Waals surface area contributed by atoms with Gasteiger partial charge < -0.3 is 4.74 Å². The van der Waals surface area contributed by atoms with Crippen LogP contribution in [0.5, 0.6) is 11.5 Å². The molecule has 0 saturated heterocycles. The summed E-state index contributed by atoms with van der Waals surface area (Å²) in [6.07, 6.45) is 3.72. The first kappa shape index (κ1) is 15.2. The van der Waals surface area contributed by atoms with Gasteiger partial charge in [-0.05, 0) is 61.2 Å². The van der Waals surface area contributed by atoms with Crippen molar-refractivity contribution in [2.75, 3.05) is 0 Å². The van der Waals surface area contributed by atoms with E-state index < -0.39 is 0 Å². The van der Waals surface area contributed by atoms with E-state index in [4.69, 9.17) is 4.74 Å². The lowest BCUT2D eigenvalue weighted by atomic mass is 10.0. The van der Waals surface area contributed by atoms with Gasteiger partial charge in [-0.25, -0.2) is 4.39 Å². The predicted octanol–water partition coefficient (Wildman–Crippen LogP) is 5.08. The number of hydrogen-bond acceptors (Lipinski definition) is 2. The van der Waals surface area contributed by atoms with E-state index in [0.717, 1.165) is 36.7 Å². The molecule has 0 aliphatic carbocycles. The minimum absolute atomic E-state index is 0.195. The minimum Gasteiger partial charge on any atom is -0.454 e. The van der Waals surface area contributed by atoms with Crippen LogP contribution in [0.1, 0.15) is 41.3 Å². The maximum atomic E-state index is 13.8. The molecule has 0 unspecified atom stereocenters. The quantitative estimate of drug-likeness (QED) is 0.692. The highest BCUT2D eigenvalue weighted by molar-refractivity contribution is 5.77. The number of rotatable bonds is 6. The van der Waals surface area contributed by atoms with Crippen molar-refractivity contribution < 1.29 is 13.9 Å². The molecule has 2 nitrogen and oxygen atoms in total. The second-order valence-electron chi connectivity index (χ2n) is 5.12. The molecule has 0 saturated carbocycles. The van der Waals surface area contributed by atoms with Crippen LogP contribution in [0.25, 0.3) is 0 Å². The van der Waals surface area contributed by atoms with Crippen molar-refractivity contribution in [2.24, 2.45) is 0 Å². The first-order chi connectivity index (χ1) is 10.1. The van der Waals surface area contributed by atoms with Crippen molar-refractivity contribution in [2.45, 2.75) is 33.1 Å². The van der Waals surface area contributed by atoms with Gasteiger partial charge in [-0.3, -0.25) is 4.79 Å². The largest absolute Gasteiger partial charge is 0.454 e. The van der Waals surface area contributed by atoms with Crippen molar-refractivity contribution in [1.29, 1.82) is 0 Å². The third kappa shape index (κ3) is 3.91. The van der Waals surface area contributed by atoms with Gasteiger partial charge in [0, 0.05) is 5.56 Å². The second kappa shape index (κ2) is 7.02. The van der Waals surface area contributed by atoms with Gasteiger partial charge in [0.05, 0.1) is 0 Å². The molecule has 0 aromatic heterocycles. The molecule has 3 heteroatoms. The van der Waals surface area contributed by atoms with Crippen molar-refractivity contribution in [3.63, 3.8) is 0 Å². The Morgan fingerprint density at radius 3 is 2.67 bits per heavy atom. The lowest BCUT2D eigenvalue weighted by molar-refractivity contribution is 0.112. The Balaban J connectivity index is 2.25. The summed E-state index contributed by atoms with van der Waals surface area (Å²) in [4.78, 5) is 11.1. The molecular formula is C18H19FO2. The van der Waals surface area contributed by atoms with Gasteiger partial charge in [-0.1, -0.05) is 19.4 Å². The number of benzene rings is 2. The van der Waals surface area contributed by atoms with Crippen LogP contribution in [0.4, 0.5) is 4.39 Å². The van der Waals surface area contributed by atoms with E-state index in [1.165, 1.54) is 6.07 Å². The summed E-state index contributed by atoms with van der Waals surface area (Å²) in [6.45, 7) is 3.93. The molecule has 0 aliphatic heterocycles. The molecule has 0 atom stereocenters. The third-order valence-corrected chi connectivity index (χ3v) is 3.36. The maximum Gasteiger partial charge on any atom is 0.165 e. The SMILES string of the molecule is CCCCc1cc(Oc2ccc(C)cc2F)ccc1C=O. The van der Waals surface area contributed by atoms with E-state index in [2.05, 4.69) is 6.92 Å². The molecule has 0 amide bonds. The first-order valence-electron chi connectivity index (χ1n) is 7.16. The Morgan fingerprint density at radius 2 is 2.00 bits per heavy atom. The molecule has 110 valence electrons. The zero-order valence-electron chi connectivity index (χ0n) is 12.4. The Bertz CT molecular complexity index is 635. The van der Waals surface area contributed by atoms with E-state index in [-0.39, 0.29) is 11.6 Å². The van der Waals surface area contributed by atoms with E-state index in [1.807, 2.05) is 13.0 Å². The van der Waals surface area contributed by atoms with Gasteiger partial charge in [0.1, 0.15) is 12.0 Å². The predicted molar refractivity (Wildman–Crippen MR) is 81.7 cm³/mol. The number of aryl methyl sites for hydroxylation is 2. The number of ether oxygens (including phenoxy) is 1. The normalized spacial score (nSPS) is 10.4. The molecule has 21 heavy (non-hydrogen) atoms. The highest BCUT2D eigenvalue weighted by Crippen LogP contribution is 2.27. The van der Waals surface area contributed by atoms with Gasteiger partial charge in [-0.2, -0.15) is 0 Å². The van der Waals surface area contributed by atoms with E-state index in [0.29, 0.717) is 11.3 Å². The van der Waals surface area contributed by atoms with Gasteiger partial charge in [0.2, 0.25) is 0 Å². The summed E-state index contributed by atoms with van der Waals surface area (Å²) < 4.78 is 19.4. The minimum atomic E-state index is -0.385. The van der Waals surface area contributed by atoms with Crippen LogP contribution in [-0.2, 0) is 6.42 Å². The molecule has 0 fully saturated rings. The summed E-state index contributed by atoms with van der Waals surface area (Å²) in [5, 5.41) is 0. The van der Waals surface area contributed by atoms with Gasteiger partial charge in [-0.15, -0.1) is 0 Å². The Kier molecular flexibility index (Phi) is 5.09. The topological polar surface area (TPSA) is 26.3 Å². The summed E-state index contributed by atoms with van der Waals surface area (Å²) in [5.41, 5.74) is 2.46. The fraction of sp³-hybridized carbons (Fsp3) is 0.278. The molecule has 0 radical (unpaired) electrons. The highest BCUT2D eigenvalue weighted by Gasteiger charge is 2.08. The number of carbonyl (C=O) groups excluding carboxylic acids is 1. The molecule has 2 rings (SSSR count). The first-order valence-corrected chi connectivity index (χ1v) is 7.16. The zero-order valence-corrected chi connectivity index (χ0v) is 12.4. The Hall–Kier alpha value is -2.16. The molecule has 0 heterocycles. The van der Waals surface area contributed by atoms with Gasteiger partial charge in [0.15, 0.2) is 11.6 Å². The van der Waals surface area contributed by atoms with Crippen LogP contribution in [0, 0.1) is 12.7 Å². The van der Waals surface area contributed by atoms with Crippen LogP contribution < -0.4 is 4.74 Å². The summed E-state index contributed by atoms with van der Waals surface area (Å²) in [6, 6.07) is 10.1. The molecule has 0 bridgehead atoms. The average molecular weight is 286 g/mol. The van der Waals surface area contributed by atoms with Crippen LogP contribution >= 0.6 is 0 Å². The van der Waals surface area contributed by atoms with Crippen molar-refractivity contribution in [3.05, 3.63) is 58.9 Å². The molecular weight excluding hydrogens is 267 g/mol. The molecule has 2 aromatic carbocycles. The van der Waals surface area contributed by atoms with Crippen molar-refractivity contribution >= 4 is 6.29 Å². The Morgan fingerprint density at radius 1 is 1.19 bits per heavy atom. The monoisotopic (exact) mass is 286 g/mol. The zero-order chi connectivity index (χ0) is 15.2. The summed E-state index contributed by atoms with van der Waals surface area (Å²) >= 11 is 0. The lowest BCUT2D eigenvalue weighted by Crippen LogP contribution is -1.95. The number of halogens is 1. The van der Waals surface area contributed by atoms with Crippen LogP contribution in [0.3, 0.4) is 0 Å². The van der Waals surface area contributed by atoms with Gasteiger partial charge >= 0.3 is 0 Å². The third-order valence-electron chi connectivity index (χ3n) is 3.36. The van der Waals surface area contributed by atoms with Crippen molar-refractivity contribution in [1.82, 2.24) is 0 Å². The molecule has 0 aliphatic rings. The van der Waals surface area contributed by atoms with E-state index in [9.17, 15) is 9.18 Å². The molecule has 0 spiro atoms. The highest BCUT2D eigenvalue weighted by atomic mass is 19.1. The fourth-order valence-corrected chi connectivity index (χ4v) is 2.16. The summed E-state index contributed by atoms with van der Waals surface area (Å²) in [5.74, 6) is 0.361. The molecule has 0 N–H and O–H groups in total. The number of unbranched alkanes of at least 4 members (excludes halogenated alkanes) is 1. The lowest BCUT2D eigenvalue weighted by Gasteiger charge is -2.10. The molecule has 2 aromatic rings. The summed E-state index contributed by atoms with van der Waals surface area (Å²) in [7, 11) is 0. The van der Waals surface area contributed by atoms with E-state index in [1.54, 1.807) is 24.3 Å². The number of hydrogen-bond donors (Lipinski definition) is 0. The maximum absolute atomic E-state index is 13.8. The van der Waals surface area contributed by atoms with Crippen molar-refractivity contribution in [3.8, 4) is 11.5 Å². The van der Waals surface area contributed by atoms with Gasteiger partial charge in [0.25, 0.3) is 0 Å². The van der Waals surface area contributed by atoms with Crippen LogP contribution in [0.15, 0.2) is 36.4 Å². The number of aldehydes is 1. The standard InChI is InChI=1S/C18H19FO2/c1-3-4-5-14-11-16(8-7-15(14)12-20)21-18-9-6-13(2)10-17(18)19/h6-12H,3-5H2,1-2H3. The van der Waals surface area contributed by atoms with Crippen LogP contribution in [0.2, 0.25) is 0 Å². The Labute approximate surface area is 124 Å². The average Bonchev–Trinajstić information content (AvgIpc) is 2.48. The second-order valence-corrected chi connectivity index (χ2v) is 5.12. The van der Waals surface area contributed by atoms with E-state index >= 15 is 0 Å².